The minimum atomic E-state index is 0.347. The standard InChI is InChI=1S/C16H34N2O/c1-5-16(6-2,12-17-14(3)4)13-18-9-7-15(11-18)8-10-19/h14-15,17,19H,5-13H2,1-4H3. The molecular weight excluding hydrogens is 236 g/mol. The summed E-state index contributed by atoms with van der Waals surface area (Å²) >= 11 is 0. The van der Waals surface area contributed by atoms with Crippen molar-refractivity contribution in [2.24, 2.45) is 11.3 Å². The molecule has 1 fully saturated rings. The van der Waals surface area contributed by atoms with Gasteiger partial charge in [0.2, 0.25) is 0 Å². The second kappa shape index (κ2) is 8.23. The van der Waals surface area contributed by atoms with E-state index in [0.717, 1.165) is 18.9 Å². The van der Waals surface area contributed by atoms with Gasteiger partial charge in [-0.15, -0.1) is 0 Å². The number of hydrogen-bond acceptors (Lipinski definition) is 3. The Morgan fingerprint density at radius 1 is 1.32 bits per heavy atom. The van der Waals surface area contributed by atoms with Crippen molar-refractivity contribution in [3.8, 4) is 0 Å². The Kier molecular flexibility index (Phi) is 7.33. The van der Waals surface area contributed by atoms with Gasteiger partial charge in [-0.25, -0.2) is 0 Å². The molecular formula is C16H34N2O. The molecule has 0 aromatic rings. The van der Waals surface area contributed by atoms with Crippen molar-refractivity contribution in [3.63, 3.8) is 0 Å². The van der Waals surface area contributed by atoms with Crippen molar-refractivity contribution in [2.45, 2.75) is 59.4 Å². The maximum absolute atomic E-state index is 9.05. The summed E-state index contributed by atoms with van der Waals surface area (Å²) in [7, 11) is 0. The Hall–Kier alpha value is -0.120. The Morgan fingerprint density at radius 2 is 2.00 bits per heavy atom. The Morgan fingerprint density at radius 3 is 2.53 bits per heavy atom. The van der Waals surface area contributed by atoms with E-state index in [2.05, 4.69) is 37.9 Å². The van der Waals surface area contributed by atoms with E-state index >= 15 is 0 Å². The number of aliphatic hydroxyl groups is 1. The third-order valence-corrected chi connectivity index (χ3v) is 4.85. The van der Waals surface area contributed by atoms with E-state index in [-0.39, 0.29) is 0 Å². The van der Waals surface area contributed by atoms with Crippen molar-refractivity contribution in [1.29, 1.82) is 0 Å². The highest BCUT2D eigenvalue weighted by atomic mass is 16.3. The third-order valence-electron chi connectivity index (χ3n) is 4.85. The summed E-state index contributed by atoms with van der Waals surface area (Å²) in [4.78, 5) is 2.62. The van der Waals surface area contributed by atoms with Crippen LogP contribution in [0.4, 0.5) is 0 Å². The molecule has 1 rings (SSSR count). The predicted octanol–water partition coefficient (Wildman–Crippen LogP) is 2.50. The molecule has 1 saturated heterocycles. The van der Waals surface area contributed by atoms with Gasteiger partial charge < -0.3 is 15.3 Å². The largest absolute Gasteiger partial charge is 0.396 e. The van der Waals surface area contributed by atoms with Gasteiger partial charge >= 0.3 is 0 Å². The first-order valence-corrected chi connectivity index (χ1v) is 8.12. The van der Waals surface area contributed by atoms with Gasteiger partial charge in [-0.2, -0.15) is 0 Å². The van der Waals surface area contributed by atoms with Crippen LogP contribution in [0.3, 0.4) is 0 Å². The van der Waals surface area contributed by atoms with Crippen molar-refractivity contribution in [1.82, 2.24) is 10.2 Å². The maximum atomic E-state index is 9.05. The molecule has 0 radical (unpaired) electrons. The van der Waals surface area contributed by atoms with Crippen molar-refractivity contribution in [2.75, 3.05) is 32.8 Å². The highest BCUT2D eigenvalue weighted by Crippen LogP contribution is 2.30. The van der Waals surface area contributed by atoms with E-state index in [9.17, 15) is 0 Å². The molecule has 0 aliphatic carbocycles. The molecule has 1 aliphatic rings. The van der Waals surface area contributed by atoms with E-state index in [4.69, 9.17) is 5.11 Å². The molecule has 0 saturated carbocycles. The monoisotopic (exact) mass is 270 g/mol. The normalized spacial score (nSPS) is 21.5. The summed E-state index contributed by atoms with van der Waals surface area (Å²) in [5, 5.41) is 12.7. The van der Waals surface area contributed by atoms with Crippen LogP contribution in [-0.4, -0.2) is 48.8 Å². The van der Waals surface area contributed by atoms with Crippen LogP contribution in [0.2, 0.25) is 0 Å². The highest BCUT2D eigenvalue weighted by molar-refractivity contribution is 4.86. The zero-order valence-electron chi connectivity index (χ0n) is 13.4. The van der Waals surface area contributed by atoms with E-state index in [0.29, 0.717) is 18.1 Å². The average molecular weight is 270 g/mol. The predicted molar refractivity (Wildman–Crippen MR) is 82.4 cm³/mol. The summed E-state index contributed by atoms with van der Waals surface area (Å²) < 4.78 is 0. The zero-order valence-corrected chi connectivity index (χ0v) is 13.4. The molecule has 0 bridgehead atoms. The minimum Gasteiger partial charge on any atom is -0.396 e. The molecule has 0 aromatic heterocycles. The molecule has 3 nitrogen and oxygen atoms in total. The quantitative estimate of drug-likeness (QED) is 0.676. The summed E-state index contributed by atoms with van der Waals surface area (Å²) in [6.07, 6.45) is 4.72. The molecule has 1 aliphatic heterocycles. The fraction of sp³-hybridized carbons (Fsp3) is 1.00. The first kappa shape index (κ1) is 16.9. The number of nitrogens with one attached hydrogen (secondary N) is 1. The van der Waals surface area contributed by atoms with Gasteiger partial charge in [0.25, 0.3) is 0 Å². The lowest BCUT2D eigenvalue weighted by molar-refractivity contribution is 0.146. The van der Waals surface area contributed by atoms with Gasteiger partial charge in [-0.05, 0) is 43.6 Å². The second-order valence-electron chi connectivity index (χ2n) is 6.64. The summed E-state index contributed by atoms with van der Waals surface area (Å²) in [6, 6.07) is 0.568. The lowest BCUT2D eigenvalue weighted by Crippen LogP contribution is -2.44. The lowest BCUT2D eigenvalue weighted by Gasteiger charge is -2.37. The molecule has 1 heterocycles. The Labute approximate surface area is 119 Å². The topological polar surface area (TPSA) is 35.5 Å². The summed E-state index contributed by atoms with van der Waals surface area (Å²) in [5.74, 6) is 0.717. The number of likely N-dealkylation sites (tertiary alicyclic amines) is 1. The van der Waals surface area contributed by atoms with Gasteiger partial charge in [0.1, 0.15) is 0 Å². The van der Waals surface area contributed by atoms with E-state index < -0.39 is 0 Å². The molecule has 19 heavy (non-hydrogen) atoms. The number of hydrogen-bond donors (Lipinski definition) is 2. The van der Waals surface area contributed by atoms with Crippen molar-refractivity contribution < 1.29 is 5.11 Å². The third kappa shape index (κ3) is 5.41. The smallest absolute Gasteiger partial charge is 0.0434 e. The van der Waals surface area contributed by atoms with Crippen molar-refractivity contribution in [3.05, 3.63) is 0 Å². The van der Waals surface area contributed by atoms with Crippen LogP contribution in [0.15, 0.2) is 0 Å². The van der Waals surface area contributed by atoms with Gasteiger partial charge in [0.15, 0.2) is 0 Å². The first-order chi connectivity index (χ1) is 9.05. The molecule has 3 heteroatoms. The maximum Gasteiger partial charge on any atom is 0.0434 e. The van der Waals surface area contributed by atoms with Crippen LogP contribution in [0.1, 0.15) is 53.4 Å². The SMILES string of the molecule is CCC(CC)(CNC(C)C)CN1CCC(CCO)C1. The average Bonchev–Trinajstić information content (AvgIpc) is 2.82. The molecule has 2 N–H and O–H groups in total. The van der Waals surface area contributed by atoms with Crippen LogP contribution < -0.4 is 5.32 Å². The molecule has 0 aromatic carbocycles. The molecule has 0 spiro atoms. The Bertz CT molecular complexity index is 239. The van der Waals surface area contributed by atoms with Crippen LogP contribution >= 0.6 is 0 Å². The first-order valence-electron chi connectivity index (χ1n) is 8.12. The zero-order chi connectivity index (χ0) is 14.3. The van der Waals surface area contributed by atoms with Crippen LogP contribution in [0.25, 0.3) is 0 Å². The van der Waals surface area contributed by atoms with E-state index in [1.54, 1.807) is 0 Å². The number of aliphatic hydroxyl groups excluding tert-OH is 1. The summed E-state index contributed by atoms with van der Waals surface area (Å²) in [5.41, 5.74) is 0.415. The molecule has 0 amide bonds. The van der Waals surface area contributed by atoms with Crippen LogP contribution in [0.5, 0.6) is 0 Å². The Balaban J connectivity index is 2.49. The number of nitrogens with zero attached hydrogens (tertiary/aromatic N) is 1. The van der Waals surface area contributed by atoms with Crippen LogP contribution in [-0.2, 0) is 0 Å². The van der Waals surface area contributed by atoms with Gasteiger partial charge in [0, 0.05) is 32.3 Å². The van der Waals surface area contributed by atoms with Gasteiger partial charge in [-0.3, -0.25) is 0 Å². The van der Waals surface area contributed by atoms with Crippen LogP contribution in [0, 0.1) is 11.3 Å². The minimum absolute atomic E-state index is 0.347. The number of rotatable bonds is 9. The second-order valence-corrected chi connectivity index (χ2v) is 6.64. The summed E-state index contributed by atoms with van der Waals surface area (Å²) in [6.45, 7) is 14.2. The van der Waals surface area contributed by atoms with Gasteiger partial charge in [0.05, 0.1) is 0 Å². The lowest BCUT2D eigenvalue weighted by atomic mass is 9.81. The van der Waals surface area contributed by atoms with E-state index in [1.165, 1.54) is 38.9 Å². The molecule has 114 valence electrons. The molecule has 1 unspecified atom stereocenters. The fourth-order valence-corrected chi connectivity index (χ4v) is 3.15. The fourth-order valence-electron chi connectivity index (χ4n) is 3.15. The van der Waals surface area contributed by atoms with Crippen molar-refractivity contribution >= 4 is 0 Å². The van der Waals surface area contributed by atoms with Gasteiger partial charge in [-0.1, -0.05) is 27.7 Å². The highest BCUT2D eigenvalue weighted by Gasteiger charge is 2.32. The molecule has 1 atom stereocenters. The van der Waals surface area contributed by atoms with E-state index in [1.807, 2.05) is 0 Å².